The summed E-state index contributed by atoms with van der Waals surface area (Å²) in [6.45, 7) is 1.96. The Morgan fingerprint density at radius 2 is 1.96 bits per heavy atom. The van der Waals surface area contributed by atoms with Crippen molar-refractivity contribution in [2.45, 2.75) is 26.3 Å². The summed E-state index contributed by atoms with van der Waals surface area (Å²) < 4.78 is 5.71. The van der Waals surface area contributed by atoms with Crippen molar-refractivity contribution in [1.82, 2.24) is 10.3 Å². The van der Waals surface area contributed by atoms with Crippen LogP contribution in [0, 0.1) is 18.8 Å². The Labute approximate surface area is 143 Å². The molecule has 126 valence electrons. The molecule has 1 saturated carbocycles. The molecule has 2 N–H and O–H groups in total. The van der Waals surface area contributed by atoms with Crippen LogP contribution in [0.4, 0.5) is 0 Å². The Morgan fingerprint density at radius 3 is 2.54 bits per heavy atom. The second-order valence-electron chi connectivity index (χ2n) is 5.88. The molecule has 2 aromatic rings. The van der Waals surface area contributed by atoms with Crippen molar-refractivity contribution in [1.29, 1.82) is 0 Å². The van der Waals surface area contributed by atoms with Crippen LogP contribution in [0.2, 0.25) is 5.02 Å². The normalized spacial score (nSPS) is 19.6. The Kier molecular flexibility index (Phi) is 4.57. The topological polar surface area (TPSA) is 92.4 Å². The molecular weight excluding hydrogens is 332 g/mol. The highest BCUT2D eigenvalue weighted by Crippen LogP contribution is 2.34. The molecule has 0 spiro atoms. The van der Waals surface area contributed by atoms with E-state index in [4.69, 9.17) is 21.1 Å². The van der Waals surface area contributed by atoms with E-state index < -0.39 is 17.8 Å². The van der Waals surface area contributed by atoms with Gasteiger partial charge in [-0.05, 0) is 44.0 Å². The molecule has 0 radical (unpaired) electrons. The van der Waals surface area contributed by atoms with Gasteiger partial charge in [-0.25, -0.2) is 4.98 Å². The van der Waals surface area contributed by atoms with E-state index in [0.29, 0.717) is 35.2 Å². The lowest BCUT2D eigenvalue weighted by Crippen LogP contribution is -2.43. The molecule has 2 atom stereocenters. The largest absolute Gasteiger partial charge is 0.481 e. The van der Waals surface area contributed by atoms with Crippen LogP contribution in [0.5, 0.6) is 0 Å². The summed E-state index contributed by atoms with van der Waals surface area (Å²) >= 11 is 5.88. The van der Waals surface area contributed by atoms with Gasteiger partial charge < -0.3 is 14.8 Å². The minimum atomic E-state index is -0.918. The van der Waals surface area contributed by atoms with E-state index in [1.54, 1.807) is 12.1 Å². The fourth-order valence-electron chi connectivity index (χ4n) is 2.80. The first-order valence-electron chi connectivity index (χ1n) is 7.68. The molecule has 24 heavy (non-hydrogen) atoms. The number of aliphatic carboxylic acids is 1. The number of carbonyl (C=O) groups excluding carboxylic acids is 1. The second-order valence-corrected chi connectivity index (χ2v) is 6.31. The second kappa shape index (κ2) is 6.65. The van der Waals surface area contributed by atoms with Crippen LogP contribution in [-0.4, -0.2) is 22.0 Å². The van der Waals surface area contributed by atoms with E-state index in [2.05, 4.69) is 10.3 Å². The number of aromatic nitrogens is 1. The first-order chi connectivity index (χ1) is 11.5. The lowest BCUT2D eigenvalue weighted by atomic mass is 9.73. The number of aryl methyl sites for hydroxylation is 1. The van der Waals surface area contributed by atoms with Gasteiger partial charge in [-0.1, -0.05) is 11.6 Å². The molecule has 1 amide bonds. The van der Waals surface area contributed by atoms with E-state index in [-0.39, 0.29) is 12.5 Å². The van der Waals surface area contributed by atoms with Gasteiger partial charge in [-0.2, -0.15) is 0 Å². The van der Waals surface area contributed by atoms with Crippen molar-refractivity contribution in [3.8, 4) is 11.3 Å². The first kappa shape index (κ1) is 16.5. The van der Waals surface area contributed by atoms with Crippen LogP contribution < -0.4 is 5.32 Å². The number of carboxylic acid groups (broad SMARTS) is 1. The van der Waals surface area contributed by atoms with E-state index in [1.165, 1.54) is 0 Å². The average Bonchev–Trinajstić information content (AvgIpc) is 2.85. The maximum Gasteiger partial charge on any atom is 0.307 e. The first-order valence-corrected chi connectivity index (χ1v) is 8.06. The molecule has 1 aliphatic rings. The summed E-state index contributed by atoms with van der Waals surface area (Å²) in [7, 11) is 0. The zero-order valence-electron chi connectivity index (χ0n) is 13.1. The quantitative estimate of drug-likeness (QED) is 0.866. The Hall–Kier alpha value is -2.34. The number of amides is 1. The molecular formula is C17H17ClN2O4. The number of hydrogen-bond acceptors (Lipinski definition) is 4. The Morgan fingerprint density at radius 1 is 1.29 bits per heavy atom. The van der Waals surface area contributed by atoms with Crippen molar-refractivity contribution in [3.63, 3.8) is 0 Å². The van der Waals surface area contributed by atoms with Gasteiger partial charge in [0.15, 0.2) is 5.76 Å². The summed E-state index contributed by atoms with van der Waals surface area (Å²) in [5.74, 6) is -1.22. The Bertz CT molecular complexity index is 769. The molecule has 1 aromatic heterocycles. The number of oxazole rings is 1. The van der Waals surface area contributed by atoms with Gasteiger partial charge in [-0.3, -0.25) is 9.59 Å². The van der Waals surface area contributed by atoms with Crippen molar-refractivity contribution >= 4 is 23.5 Å². The van der Waals surface area contributed by atoms with Gasteiger partial charge in [0.1, 0.15) is 0 Å². The third-order valence-electron chi connectivity index (χ3n) is 4.29. The third-order valence-corrected chi connectivity index (χ3v) is 4.54. The fraction of sp³-hybridized carbons (Fsp3) is 0.353. The summed E-state index contributed by atoms with van der Waals surface area (Å²) in [4.78, 5) is 27.3. The molecule has 2 unspecified atom stereocenters. The lowest BCUT2D eigenvalue weighted by Gasteiger charge is -2.31. The van der Waals surface area contributed by atoms with Crippen LogP contribution in [0.25, 0.3) is 11.3 Å². The predicted octanol–water partition coefficient (Wildman–Crippen LogP) is 3.03. The molecule has 0 aliphatic heterocycles. The van der Waals surface area contributed by atoms with E-state index in [0.717, 1.165) is 5.56 Å². The van der Waals surface area contributed by atoms with Gasteiger partial charge in [-0.15, -0.1) is 0 Å². The molecule has 0 saturated heterocycles. The smallest absolute Gasteiger partial charge is 0.307 e. The third kappa shape index (κ3) is 3.28. The number of carbonyl (C=O) groups is 2. The van der Waals surface area contributed by atoms with Crippen molar-refractivity contribution in [2.75, 3.05) is 0 Å². The molecule has 1 heterocycles. The van der Waals surface area contributed by atoms with Crippen LogP contribution in [0.15, 0.2) is 28.7 Å². The molecule has 1 fully saturated rings. The number of nitrogens with one attached hydrogen (secondary N) is 1. The number of hydrogen-bond donors (Lipinski definition) is 2. The maximum atomic E-state index is 12.1. The zero-order chi connectivity index (χ0) is 17.3. The van der Waals surface area contributed by atoms with Crippen molar-refractivity contribution in [2.24, 2.45) is 11.8 Å². The SMILES string of the molecule is Cc1nc(CNC(=O)C2CCC2C(=O)O)oc1-c1ccc(Cl)cc1. The standard InChI is InChI=1S/C17H17ClN2O4/c1-9-15(10-2-4-11(18)5-3-10)24-14(20-9)8-19-16(21)12-6-7-13(12)17(22)23/h2-5,12-13H,6-8H2,1H3,(H,19,21)(H,22,23). The molecule has 0 bridgehead atoms. The predicted molar refractivity (Wildman–Crippen MR) is 87.4 cm³/mol. The fourth-order valence-corrected chi connectivity index (χ4v) is 2.93. The highest BCUT2D eigenvalue weighted by Gasteiger charge is 2.41. The van der Waals surface area contributed by atoms with Crippen LogP contribution in [0.1, 0.15) is 24.4 Å². The van der Waals surface area contributed by atoms with Crippen LogP contribution in [-0.2, 0) is 16.1 Å². The average molecular weight is 349 g/mol. The lowest BCUT2D eigenvalue weighted by molar-refractivity contribution is -0.152. The molecule has 1 aliphatic carbocycles. The van der Waals surface area contributed by atoms with Gasteiger partial charge in [0.05, 0.1) is 24.1 Å². The van der Waals surface area contributed by atoms with E-state index in [9.17, 15) is 9.59 Å². The monoisotopic (exact) mass is 348 g/mol. The van der Waals surface area contributed by atoms with Crippen LogP contribution in [0.3, 0.4) is 0 Å². The summed E-state index contributed by atoms with van der Waals surface area (Å²) in [6, 6.07) is 7.21. The van der Waals surface area contributed by atoms with Gasteiger partial charge in [0.2, 0.25) is 11.8 Å². The number of halogens is 1. The summed E-state index contributed by atoms with van der Waals surface area (Å²) in [5, 5.41) is 12.3. The minimum Gasteiger partial charge on any atom is -0.481 e. The molecule has 7 heteroatoms. The van der Waals surface area contributed by atoms with Crippen LogP contribution >= 0.6 is 11.6 Å². The number of benzene rings is 1. The highest BCUT2D eigenvalue weighted by atomic mass is 35.5. The molecule has 3 rings (SSSR count). The minimum absolute atomic E-state index is 0.135. The molecule has 1 aromatic carbocycles. The van der Waals surface area contributed by atoms with Gasteiger partial charge >= 0.3 is 5.97 Å². The number of carboxylic acids is 1. The zero-order valence-corrected chi connectivity index (χ0v) is 13.8. The number of rotatable bonds is 5. The van der Waals surface area contributed by atoms with E-state index in [1.807, 2.05) is 19.1 Å². The molecule has 6 nitrogen and oxygen atoms in total. The maximum absolute atomic E-state index is 12.1. The summed E-state index contributed by atoms with van der Waals surface area (Å²) in [5.41, 5.74) is 1.57. The Balaban J connectivity index is 1.64. The van der Waals surface area contributed by atoms with Crippen molar-refractivity contribution < 1.29 is 19.1 Å². The van der Waals surface area contributed by atoms with Crippen molar-refractivity contribution in [3.05, 3.63) is 40.9 Å². The van der Waals surface area contributed by atoms with Gasteiger partial charge in [0.25, 0.3) is 0 Å². The summed E-state index contributed by atoms with van der Waals surface area (Å²) in [6.07, 6.45) is 1.15. The number of nitrogens with zero attached hydrogens (tertiary/aromatic N) is 1. The van der Waals surface area contributed by atoms with E-state index >= 15 is 0 Å². The highest BCUT2D eigenvalue weighted by molar-refractivity contribution is 6.30. The van der Waals surface area contributed by atoms with Gasteiger partial charge in [0, 0.05) is 10.6 Å².